The van der Waals surface area contributed by atoms with E-state index in [-0.39, 0.29) is 23.3 Å². The molecule has 4 nitrogen and oxygen atoms in total. The maximum Gasteiger partial charge on any atom is 0.245 e. The molecule has 0 bridgehead atoms. The molecule has 1 saturated heterocycles. The highest BCUT2D eigenvalue weighted by Gasteiger charge is 2.42. The van der Waals surface area contributed by atoms with Crippen LogP contribution >= 0.6 is 0 Å². The lowest BCUT2D eigenvalue weighted by Gasteiger charge is -2.37. The van der Waals surface area contributed by atoms with Gasteiger partial charge in [0.05, 0.1) is 0 Å². The SMILES string of the molecule is CC1NC(=O)CCN(C2CCCC2(C)C)C1=O. The lowest BCUT2D eigenvalue weighted by Crippen LogP contribution is -2.50. The first-order chi connectivity index (χ1) is 7.92. The normalized spacial score (nSPS) is 33.5. The average Bonchev–Trinajstić information content (AvgIpc) is 2.52. The Bertz CT molecular complexity index is 338. The molecule has 2 rings (SSSR count). The van der Waals surface area contributed by atoms with E-state index >= 15 is 0 Å². The zero-order chi connectivity index (χ0) is 12.6. The molecule has 4 heteroatoms. The largest absolute Gasteiger partial charge is 0.345 e. The molecule has 0 radical (unpaired) electrons. The molecule has 1 aliphatic heterocycles. The Hall–Kier alpha value is -1.06. The summed E-state index contributed by atoms with van der Waals surface area (Å²) in [5.74, 6) is 0.0694. The lowest BCUT2D eigenvalue weighted by atomic mass is 9.86. The summed E-state index contributed by atoms with van der Waals surface area (Å²) in [5, 5.41) is 2.74. The van der Waals surface area contributed by atoms with E-state index in [1.807, 2.05) is 4.90 Å². The molecular weight excluding hydrogens is 216 g/mol. The molecule has 2 aliphatic rings. The van der Waals surface area contributed by atoms with Crippen LogP contribution in [-0.2, 0) is 9.59 Å². The number of nitrogens with zero attached hydrogens (tertiary/aromatic N) is 1. The maximum absolute atomic E-state index is 12.3. The fraction of sp³-hybridized carbons (Fsp3) is 0.846. The van der Waals surface area contributed by atoms with Gasteiger partial charge in [-0.25, -0.2) is 0 Å². The highest BCUT2D eigenvalue weighted by Crippen LogP contribution is 2.40. The van der Waals surface area contributed by atoms with E-state index in [4.69, 9.17) is 0 Å². The molecule has 2 amide bonds. The summed E-state index contributed by atoms with van der Waals surface area (Å²) >= 11 is 0. The summed E-state index contributed by atoms with van der Waals surface area (Å²) < 4.78 is 0. The molecule has 1 N–H and O–H groups in total. The van der Waals surface area contributed by atoms with Gasteiger partial charge in [0, 0.05) is 19.0 Å². The van der Waals surface area contributed by atoms with Gasteiger partial charge in [0.15, 0.2) is 0 Å². The van der Waals surface area contributed by atoms with Gasteiger partial charge in [-0.3, -0.25) is 9.59 Å². The summed E-state index contributed by atoms with van der Waals surface area (Å²) in [6.45, 7) is 6.80. The molecule has 0 aromatic heterocycles. The number of nitrogens with one attached hydrogen (secondary N) is 1. The van der Waals surface area contributed by atoms with E-state index < -0.39 is 0 Å². The first-order valence-corrected chi connectivity index (χ1v) is 6.52. The number of rotatable bonds is 1. The highest BCUT2D eigenvalue weighted by atomic mass is 16.2. The van der Waals surface area contributed by atoms with E-state index in [0.29, 0.717) is 19.0 Å². The number of carbonyl (C=O) groups excluding carboxylic acids is 2. The Balaban J connectivity index is 2.19. The summed E-state index contributed by atoms with van der Waals surface area (Å²) in [5.41, 5.74) is 0.183. The number of carbonyl (C=O) groups is 2. The minimum atomic E-state index is -0.374. The Morgan fingerprint density at radius 2 is 2.06 bits per heavy atom. The van der Waals surface area contributed by atoms with Gasteiger partial charge >= 0.3 is 0 Å². The van der Waals surface area contributed by atoms with Gasteiger partial charge in [0.25, 0.3) is 0 Å². The minimum absolute atomic E-state index is 0.0100. The predicted octanol–water partition coefficient (Wildman–Crippen LogP) is 1.30. The van der Waals surface area contributed by atoms with Crippen molar-refractivity contribution in [2.24, 2.45) is 5.41 Å². The zero-order valence-electron chi connectivity index (χ0n) is 11.0. The Morgan fingerprint density at radius 3 is 2.65 bits per heavy atom. The third-order valence-electron chi connectivity index (χ3n) is 4.19. The fourth-order valence-corrected chi connectivity index (χ4v) is 3.15. The van der Waals surface area contributed by atoms with Gasteiger partial charge in [-0.2, -0.15) is 0 Å². The van der Waals surface area contributed by atoms with Gasteiger partial charge in [-0.15, -0.1) is 0 Å². The monoisotopic (exact) mass is 238 g/mol. The molecular formula is C13H22N2O2. The van der Waals surface area contributed by atoms with Crippen molar-refractivity contribution in [3.63, 3.8) is 0 Å². The fourth-order valence-electron chi connectivity index (χ4n) is 3.15. The standard InChI is InChI=1S/C13H22N2O2/c1-9-12(17)15(8-6-11(16)14-9)10-5-4-7-13(10,2)3/h9-10H,4-8H2,1-3H3,(H,14,16). The average molecular weight is 238 g/mol. The second kappa shape index (κ2) is 4.31. The van der Waals surface area contributed by atoms with Crippen molar-refractivity contribution in [3.8, 4) is 0 Å². The Kier molecular flexibility index (Phi) is 3.15. The maximum atomic E-state index is 12.3. The highest BCUT2D eigenvalue weighted by molar-refractivity contribution is 5.89. The van der Waals surface area contributed by atoms with Crippen molar-refractivity contribution in [1.82, 2.24) is 10.2 Å². The second-order valence-corrected chi connectivity index (χ2v) is 5.97. The van der Waals surface area contributed by atoms with Gasteiger partial charge < -0.3 is 10.2 Å². The molecule has 96 valence electrons. The molecule has 2 fully saturated rings. The van der Waals surface area contributed by atoms with E-state index in [1.165, 1.54) is 6.42 Å². The van der Waals surface area contributed by atoms with Crippen molar-refractivity contribution >= 4 is 11.8 Å². The molecule has 2 atom stereocenters. The van der Waals surface area contributed by atoms with Crippen LogP contribution in [0.4, 0.5) is 0 Å². The topological polar surface area (TPSA) is 49.4 Å². The molecule has 0 aromatic rings. The van der Waals surface area contributed by atoms with Crippen LogP contribution in [0.1, 0.15) is 46.5 Å². The first kappa shape index (κ1) is 12.4. The van der Waals surface area contributed by atoms with Crippen LogP contribution in [0.2, 0.25) is 0 Å². The summed E-state index contributed by atoms with van der Waals surface area (Å²) in [6.07, 6.45) is 3.84. The smallest absolute Gasteiger partial charge is 0.245 e. The third kappa shape index (κ3) is 2.31. The van der Waals surface area contributed by atoms with Crippen LogP contribution in [0.15, 0.2) is 0 Å². The summed E-state index contributed by atoms with van der Waals surface area (Å²) in [4.78, 5) is 25.7. The number of hydrogen-bond donors (Lipinski definition) is 1. The van der Waals surface area contributed by atoms with Gasteiger partial charge in [0.1, 0.15) is 6.04 Å². The summed E-state index contributed by atoms with van der Waals surface area (Å²) in [7, 11) is 0. The Morgan fingerprint density at radius 1 is 1.35 bits per heavy atom. The predicted molar refractivity (Wildman–Crippen MR) is 65.4 cm³/mol. The van der Waals surface area contributed by atoms with Crippen LogP contribution in [0.25, 0.3) is 0 Å². The van der Waals surface area contributed by atoms with Crippen molar-refractivity contribution in [1.29, 1.82) is 0 Å². The van der Waals surface area contributed by atoms with E-state index in [9.17, 15) is 9.59 Å². The van der Waals surface area contributed by atoms with Crippen molar-refractivity contribution in [2.45, 2.75) is 58.5 Å². The van der Waals surface area contributed by atoms with E-state index in [2.05, 4.69) is 19.2 Å². The third-order valence-corrected chi connectivity index (χ3v) is 4.19. The molecule has 0 aromatic carbocycles. The van der Waals surface area contributed by atoms with Gasteiger partial charge in [0.2, 0.25) is 11.8 Å². The molecule has 2 unspecified atom stereocenters. The van der Waals surface area contributed by atoms with E-state index in [0.717, 1.165) is 12.8 Å². The van der Waals surface area contributed by atoms with Crippen LogP contribution in [0.3, 0.4) is 0 Å². The molecule has 17 heavy (non-hydrogen) atoms. The van der Waals surface area contributed by atoms with Crippen LogP contribution in [0.5, 0.6) is 0 Å². The van der Waals surface area contributed by atoms with Crippen LogP contribution < -0.4 is 5.32 Å². The first-order valence-electron chi connectivity index (χ1n) is 6.52. The minimum Gasteiger partial charge on any atom is -0.345 e. The van der Waals surface area contributed by atoms with Crippen molar-refractivity contribution in [3.05, 3.63) is 0 Å². The quantitative estimate of drug-likeness (QED) is 0.748. The van der Waals surface area contributed by atoms with E-state index in [1.54, 1.807) is 6.92 Å². The molecule has 1 heterocycles. The zero-order valence-corrected chi connectivity index (χ0v) is 11.0. The number of hydrogen-bond acceptors (Lipinski definition) is 2. The van der Waals surface area contributed by atoms with Crippen LogP contribution in [-0.4, -0.2) is 35.3 Å². The Labute approximate surface area is 103 Å². The van der Waals surface area contributed by atoms with Crippen molar-refractivity contribution < 1.29 is 9.59 Å². The van der Waals surface area contributed by atoms with Gasteiger partial charge in [-0.05, 0) is 25.2 Å². The number of amides is 2. The lowest BCUT2D eigenvalue weighted by molar-refractivity contribution is -0.136. The van der Waals surface area contributed by atoms with Crippen LogP contribution in [0, 0.1) is 5.41 Å². The molecule has 0 spiro atoms. The summed E-state index contributed by atoms with van der Waals surface area (Å²) in [6, 6.07) is -0.0773. The molecule has 1 aliphatic carbocycles. The molecule has 1 saturated carbocycles. The van der Waals surface area contributed by atoms with Gasteiger partial charge in [-0.1, -0.05) is 20.3 Å². The van der Waals surface area contributed by atoms with Crippen molar-refractivity contribution in [2.75, 3.05) is 6.54 Å². The second-order valence-electron chi connectivity index (χ2n) is 5.97.